The monoisotopic (exact) mass is 1470 g/mol. The molecule has 6 heterocycles. The van der Waals surface area contributed by atoms with E-state index in [1.165, 1.54) is 53.4 Å². The molecule has 0 radical (unpaired) electrons. The first kappa shape index (κ1) is 75.3. The highest BCUT2D eigenvalue weighted by molar-refractivity contribution is 6.07. The first-order chi connectivity index (χ1) is 51.7. The molecule has 6 amide bonds. The van der Waals surface area contributed by atoms with Gasteiger partial charge in [0.1, 0.15) is 72.1 Å². The van der Waals surface area contributed by atoms with Crippen molar-refractivity contribution in [1.29, 1.82) is 0 Å². The summed E-state index contributed by atoms with van der Waals surface area (Å²) in [6.45, 7) is 5.13. The number of hydrogen-bond donors (Lipinski definition) is 5. The molecule has 4 fully saturated rings. The third-order valence-corrected chi connectivity index (χ3v) is 18.0. The number of carbonyl (C=O) groups is 12. The Bertz CT molecular complexity index is 5700. The van der Waals surface area contributed by atoms with Crippen molar-refractivity contribution in [1.82, 2.24) is 58.5 Å². The van der Waals surface area contributed by atoms with E-state index < -0.39 is 88.8 Å². The number of Topliss-reactive ketones (excluding diaryl/α,β-unsaturated/α-hetero) is 6. The van der Waals surface area contributed by atoms with E-state index in [1.807, 2.05) is 0 Å². The van der Waals surface area contributed by atoms with Crippen LogP contribution in [0.15, 0.2) is 103 Å². The third-order valence-electron chi connectivity index (χ3n) is 18.0. The number of ether oxygens (including phenoxy) is 2. The van der Waals surface area contributed by atoms with E-state index in [-0.39, 0.29) is 181 Å². The van der Waals surface area contributed by atoms with E-state index in [0.717, 1.165) is 0 Å². The second-order valence-corrected chi connectivity index (χ2v) is 25.3. The quantitative estimate of drug-likeness (QED) is 0.0222. The summed E-state index contributed by atoms with van der Waals surface area (Å²) >= 11 is 0. The number of anilines is 4. The van der Waals surface area contributed by atoms with Crippen LogP contribution in [0, 0.1) is 40.0 Å². The summed E-state index contributed by atoms with van der Waals surface area (Å²) in [4.78, 5) is 220. The van der Waals surface area contributed by atoms with Crippen molar-refractivity contribution in [2.24, 2.45) is 5.11 Å². The second kappa shape index (κ2) is 32.4. The van der Waals surface area contributed by atoms with Gasteiger partial charge >= 0.3 is 12.2 Å². The van der Waals surface area contributed by atoms with Crippen molar-refractivity contribution in [3.63, 3.8) is 0 Å². The van der Waals surface area contributed by atoms with E-state index in [4.69, 9.17) is 21.4 Å². The van der Waals surface area contributed by atoms with Crippen molar-refractivity contribution in [2.45, 2.75) is 136 Å². The number of aryl methyl sites for hydroxylation is 4. The van der Waals surface area contributed by atoms with Gasteiger partial charge in [0.2, 0.25) is 23.6 Å². The molecule has 0 spiro atoms. The molecule has 4 aliphatic rings. The van der Waals surface area contributed by atoms with Crippen LogP contribution in [0.3, 0.4) is 0 Å². The number of aromatic nitrogens is 11. The zero-order chi connectivity index (χ0) is 77.4. The third kappa shape index (κ3) is 16.4. The number of terminal acetylenes is 1. The zero-order valence-electron chi connectivity index (χ0n) is 58.1. The zero-order valence-corrected chi connectivity index (χ0v) is 58.1. The van der Waals surface area contributed by atoms with Gasteiger partial charge in [-0.15, -0.1) is 11.5 Å². The van der Waals surface area contributed by atoms with Gasteiger partial charge in [-0.1, -0.05) is 40.5 Å². The fraction of sp³-hybridized carbons (Fsp3) is 0.324. The molecule has 4 aromatic carbocycles. The fourth-order valence-electron chi connectivity index (χ4n) is 13.3. The molecule has 1 aliphatic heterocycles. The van der Waals surface area contributed by atoms with Gasteiger partial charge in [-0.3, -0.25) is 101 Å². The molecule has 552 valence electrons. The minimum atomic E-state index is -0.940. The van der Waals surface area contributed by atoms with Crippen LogP contribution in [0.4, 0.5) is 32.3 Å². The highest BCUT2D eigenvalue weighted by Gasteiger charge is 2.36. The van der Waals surface area contributed by atoms with Crippen LogP contribution >= 0.6 is 0 Å². The summed E-state index contributed by atoms with van der Waals surface area (Å²) in [5.41, 5.74) is 8.50. The standard InChI is InChI=1S/C35H32N10O9.C19H17N3O5.C17H16N6O4/c1-17-36-22-6-4-8-24(31(22)33(51)44(17)25-10-9-20(46)13-27(25)47)39-35(53)54-16-19-14-43(42-41-19)15-29(49)38-23-7-3-5-21-30(23)34(52)45(18(2)37-21)26-11-12-28(48)40-32(26)50;1-3-9-27-19(26)21-14-6-4-5-13-17(14)18(25)22(11(2)20-13)15-8-7-12(23)10-16(15)24;1-9-20-11-3-2-4-12(21-15(26)8-19-22-18)16(11)17(27)23(9)13-6-5-10(24)7-14(13)25/h3-8,14,25-26H,9-13,15-16H2,1-2H3,(H,38,49)(H,39,53)(H,40,48,50);1,4-6,15H,7-10H2,2H3,(H,21,26);2-4,13H,5-8H2,1H3,(H,21,26). The van der Waals surface area contributed by atoms with Crippen LogP contribution in [0.5, 0.6) is 0 Å². The van der Waals surface area contributed by atoms with Crippen molar-refractivity contribution < 1.29 is 67.0 Å². The van der Waals surface area contributed by atoms with Crippen LogP contribution in [0.1, 0.15) is 124 Å². The van der Waals surface area contributed by atoms with Gasteiger partial charge in [-0.2, -0.15) is 0 Å². The van der Waals surface area contributed by atoms with Crippen LogP contribution in [-0.4, -0.2) is 137 Å². The molecule has 3 aliphatic carbocycles. The highest BCUT2D eigenvalue weighted by Crippen LogP contribution is 2.31. The lowest BCUT2D eigenvalue weighted by atomic mass is 9.92. The van der Waals surface area contributed by atoms with E-state index in [2.05, 4.69) is 72.8 Å². The summed E-state index contributed by atoms with van der Waals surface area (Å²) in [7, 11) is 0. The number of carbonyl (C=O) groups excluding carboxylic acids is 12. The van der Waals surface area contributed by atoms with Crippen molar-refractivity contribution in [3.05, 3.63) is 160 Å². The largest absolute Gasteiger partial charge is 0.443 e. The maximum absolute atomic E-state index is 13.7. The number of azide groups is 1. The summed E-state index contributed by atoms with van der Waals surface area (Å²) in [5, 5.41) is 24.0. The van der Waals surface area contributed by atoms with E-state index in [1.54, 1.807) is 76.2 Å². The predicted octanol–water partition coefficient (Wildman–Crippen LogP) is 5.11. The Morgan fingerprint density at radius 3 is 1.28 bits per heavy atom. The Morgan fingerprint density at radius 1 is 0.528 bits per heavy atom. The fourth-order valence-corrected chi connectivity index (χ4v) is 13.3. The maximum Gasteiger partial charge on any atom is 0.412 e. The summed E-state index contributed by atoms with van der Waals surface area (Å²) < 4.78 is 16.3. The number of nitrogens with zero attached hydrogens (tertiary/aromatic N) is 14. The topological polar surface area (TPSA) is 502 Å². The Morgan fingerprint density at radius 2 is 0.898 bits per heavy atom. The lowest BCUT2D eigenvalue weighted by Crippen LogP contribution is -2.45. The van der Waals surface area contributed by atoms with Gasteiger partial charge in [0.05, 0.1) is 110 Å². The van der Waals surface area contributed by atoms with E-state index in [0.29, 0.717) is 39.5 Å². The van der Waals surface area contributed by atoms with Gasteiger partial charge in [0.15, 0.2) is 24.0 Å². The molecule has 3 saturated carbocycles. The molecule has 4 unspecified atom stereocenters. The molecule has 1 saturated heterocycles. The predicted molar refractivity (Wildman–Crippen MR) is 382 cm³/mol. The molecule has 0 bridgehead atoms. The van der Waals surface area contributed by atoms with Crippen molar-refractivity contribution >= 4 is 137 Å². The minimum absolute atomic E-state index is 0.0636. The molecule has 9 aromatic rings. The number of imide groups is 1. The van der Waals surface area contributed by atoms with E-state index >= 15 is 0 Å². The molecule has 4 atom stereocenters. The number of ketones is 6. The number of piperidine rings is 1. The molecule has 5 aromatic heterocycles. The van der Waals surface area contributed by atoms with Gasteiger partial charge in [-0.05, 0) is 107 Å². The van der Waals surface area contributed by atoms with Crippen molar-refractivity contribution in [3.8, 4) is 12.3 Å². The van der Waals surface area contributed by atoms with Gasteiger partial charge in [-0.25, -0.2) is 34.2 Å². The molecule has 13 rings (SSSR count). The van der Waals surface area contributed by atoms with Gasteiger partial charge in [0, 0.05) is 30.6 Å². The van der Waals surface area contributed by atoms with Gasteiger partial charge in [0.25, 0.3) is 22.2 Å². The summed E-state index contributed by atoms with van der Waals surface area (Å²) in [5.74, 6) is -0.152. The number of fused-ring (bicyclic) bond motifs is 4. The maximum atomic E-state index is 13.7. The number of hydrogen-bond acceptors (Lipinski definition) is 25. The molecular formula is C71H65N19O18. The molecule has 5 N–H and O–H groups in total. The van der Waals surface area contributed by atoms with E-state index in [9.17, 15) is 76.7 Å². The second-order valence-electron chi connectivity index (χ2n) is 25.3. The Hall–Kier alpha value is -13.9. The molecular weight excluding hydrogens is 1410 g/mol. The normalized spacial score (nSPS) is 17.1. The lowest BCUT2D eigenvalue weighted by molar-refractivity contribution is -0.136. The number of nitrogens with one attached hydrogen (secondary N) is 5. The van der Waals surface area contributed by atoms with Crippen LogP contribution in [0.25, 0.3) is 54.1 Å². The Kier molecular flexibility index (Phi) is 22.6. The lowest BCUT2D eigenvalue weighted by Gasteiger charge is -2.24. The van der Waals surface area contributed by atoms with Crippen LogP contribution in [0.2, 0.25) is 0 Å². The minimum Gasteiger partial charge on any atom is -0.443 e. The average molecular weight is 1470 g/mol. The summed E-state index contributed by atoms with van der Waals surface area (Å²) in [6.07, 6.45) is 5.57. The molecule has 37 nitrogen and oxygen atoms in total. The number of benzene rings is 4. The highest BCUT2D eigenvalue weighted by atomic mass is 16.6. The smallest absolute Gasteiger partial charge is 0.412 e. The van der Waals surface area contributed by atoms with Gasteiger partial charge < -0.3 is 20.1 Å². The Labute approximate surface area is 607 Å². The molecule has 37 heteroatoms. The molecule has 108 heavy (non-hydrogen) atoms. The van der Waals surface area contributed by atoms with Crippen LogP contribution in [-0.2, 0) is 70.6 Å². The average Bonchev–Trinajstić information content (AvgIpc) is 0.978. The first-order valence-electron chi connectivity index (χ1n) is 33.6. The first-order valence-corrected chi connectivity index (χ1v) is 33.6. The summed E-state index contributed by atoms with van der Waals surface area (Å²) in [6, 6.07) is 15.8. The SMILES string of the molecule is C#CCOC(=O)Nc1cccc2nc(C)n(C3CCC(=O)CC3=O)c(=O)c12.Cc1nc2cccc(NC(=O)CN=[N+]=[N-])c2c(=O)n1C1CCC(=O)CC1=O.Cc1nc2cccc(NC(=O)OCc3cn(CC(=O)Nc4cccc5nc(C)n(C6CCC(=O)NC6=O)c(=O)c45)nn3)c2c(=O)n1C1CCC(=O)CC1=O. The number of rotatable bonds is 15. The Balaban J connectivity index is 0.000000180. The van der Waals surface area contributed by atoms with Crippen LogP contribution < -0.4 is 48.8 Å². The van der Waals surface area contributed by atoms with Crippen molar-refractivity contribution in [2.75, 3.05) is 34.4 Å². The number of amides is 6.